The summed E-state index contributed by atoms with van der Waals surface area (Å²) in [5.74, 6) is 1.56. The number of nitrogens with one attached hydrogen (secondary N) is 1. The number of piperazine rings is 1. The van der Waals surface area contributed by atoms with Crippen molar-refractivity contribution >= 4 is 40.0 Å². The molecule has 4 rings (SSSR count). The van der Waals surface area contributed by atoms with Gasteiger partial charge in [-0.05, 0) is 30.7 Å². The topological polar surface area (TPSA) is 64.5 Å². The van der Waals surface area contributed by atoms with E-state index in [9.17, 15) is 0 Å². The molecule has 0 radical (unpaired) electrons. The number of fused-ring (bicyclic) bond motifs is 1. The molecule has 2 aromatic carbocycles. The summed E-state index contributed by atoms with van der Waals surface area (Å²) in [7, 11) is 0. The molecule has 28 heavy (non-hydrogen) atoms. The van der Waals surface area contributed by atoms with Crippen LogP contribution in [0.2, 0.25) is 5.02 Å². The lowest BCUT2D eigenvalue weighted by Gasteiger charge is -2.36. The van der Waals surface area contributed by atoms with E-state index < -0.39 is 0 Å². The predicted octanol–water partition coefficient (Wildman–Crippen LogP) is 3.40. The molecule has 1 fully saturated rings. The number of anilines is 3. The van der Waals surface area contributed by atoms with Crippen LogP contribution in [0, 0.1) is 0 Å². The van der Waals surface area contributed by atoms with Crippen LogP contribution in [-0.4, -0.2) is 54.4 Å². The molecule has 0 unspecified atom stereocenters. The van der Waals surface area contributed by atoms with Crippen LogP contribution in [0.3, 0.4) is 0 Å². The van der Waals surface area contributed by atoms with Crippen molar-refractivity contribution in [1.29, 1.82) is 0 Å². The maximum absolute atomic E-state index is 9.06. The Morgan fingerprint density at radius 2 is 1.64 bits per heavy atom. The molecule has 146 valence electrons. The van der Waals surface area contributed by atoms with Crippen LogP contribution in [0.4, 0.5) is 17.5 Å². The first-order chi connectivity index (χ1) is 13.8. The van der Waals surface area contributed by atoms with Crippen LogP contribution in [0.1, 0.15) is 6.42 Å². The van der Waals surface area contributed by atoms with Crippen molar-refractivity contribution in [3.05, 3.63) is 53.6 Å². The maximum atomic E-state index is 9.06. The molecule has 1 saturated heterocycles. The summed E-state index contributed by atoms with van der Waals surface area (Å²) in [5, 5.41) is 14.2. The maximum Gasteiger partial charge on any atom is 0.228 e. The van der Waals surface area contributed by atoms with E-state index in [2.05, 4.69) is 21.2 Å². The molecule has 1 aliphatic heterocycles. The van der Waals surface area contributed by atoms with E-state index in [0.717, 1.165) is 59.6 Å². The number of aliphatic hydroxyl groups excluding tert-OH is 1. The Kier molecular flexibility index (Phi) is 5.78. The number of hydrogen-bond acceptors (Lipinski definition) is 6. The average molecular weight is 398 g/mol. The lowest BCUT2D eigenvalue weighted by molar-refractivity contribution is 0.292. The zero-order chi connectivity index (χ0) is 19.3. The van der Waals surface area contributed by atoms with Gasteiger partial charge in [0, 0.05) is 44.7 Å². The fourth-order valence-corrected chi connectivity index (χ4v) is 3.74. The summed E-state index contributed by atoms with van der Waals surface area (Å²) in [6, 6.07) is 16.0. The van der Waals surface area contributed by atoms with E-state index >= 15 is 0 Å². The highest BCUT2D eigenvalue weighted by molar-refractivity contribution is 6.33. The number of hydrogen-bond donors (Lipinski definition) is 2. The fraction of sp³-hybridized carbons (Fsp3) is 0.333. The molecule has 7 heteroatoms. The van der Waals surface area contributed by atoms with Crippen LogP contribution in [0.5, 0.6) is 0 Å². The van der Waals surface area contributed by atoms with E-state index in [-0.39, 0.29) is 6.61 Å². The highest BCUT2D eigenvalue weighted by Gasteiger charge is 2.21. The molecule has 6 nitrogen and oxygen atoms in total. The third-order valence-corrected chi connectivity index (χ3v) is 5.29. The first kappa shape index (κ1) is 18.8. The van der Waals surface area contributed by atoms with E-state index in [4.69, 9.17) is 26.7 Å². The second kappa shape index (κ2) is 8.63. The van der Waals surface area contributed by atoms with Crippen molar-refractivity contribution < 1.29 is 5.11 Å². The molecule has 0 atom stereocenters. The second-order valence-corrected chi connectivity index (χ2v) is 7.23. The summed E-state index contributed by atoms with van der Waals surface area (Å²) in [4.78, 5) is 14.1. The normalized spacial score (nSPS) is 14.5. The van der Waals surface area contributed by atoms with Gasteiger partial charge < -0.3 is 20.2 Å². The van der Waals surface area contributed by atoms with Crippen LogP contribution in [0.15, 0.2) is 48.5 Å². The van der Waals surface area contributed by atoms with Gasteiger partial charge in [-0.25, -0.2) is 4.98 Å². The van der Waals surface area contributed by atoms with Crippen LogP contribution >= 0.6 is 11.6 Å². The SMILES string of the molecule is OCCCNc1nc(N2CCN(c3ccccc3Cl)CC2)nc2ccccc12. The van der Waals surface area contributed by atoms with Crippen molar-refractivity contribution in [2.45, 2.75) is 6.42 Å². The Hall–Kier alpha value is -2.57. The third kappa shape index (κ3) is 3.98. The first-order valence-electron chi connectivity index (χ1n) is 9.62. The fourth-order valence-electron chi connectivity index (χ4n) is 3.48. The van der Waals surface area contributed by atoms with Crippen molar-refractivity contribution in [2.75, 3.05) is 54.4 Å². The van der Waals surface area contributed by atoms with Crippen molar-refractivity contribution in [3.8, 4) is 0 Å². The molecule has 2 N–H and O–H groups in total. The quantitative estimate of drug-likeness (QED) is 0.621. The number of benzene rings is 2. The Morgan fingerprint density at radius 3 is 2.43 bits per heavy atom. The Morgan fingerprint density at radius 1 is 0.929 bits per heavy atom. The number of para-hydroxylation sites is 2. The van der Waals surface area contributed by atoms with Crippen LogP contribution < -0.4 is 15.1 Å². The van der Waals surface area contributed by atoms with Gasteiger partial charge in [0.1, 0.15) is 5.82 Å². The average Bonchev–Trinajstić information content (AvgIpc) is 2.74. The van der Waals surface area contributed by atoms with Gasteiger partial charge in [-0.1, -0.05) is 35.9 Å². The smallest absolute Gasteiger partial charge is 0.228 e. The largest absolute Gasteiger partial charge is 0.396 e. The molecule has 0 saturated carbocycles. The molecule has 0 amide bonds. The van der Waals surface area contributed by atoms with Crippen LogP contribution in [-0.2, 0) is 0 Å². The highest BCUT2D eigenvalue weighted by atomic mass is 35.5. The molecule has 0 bridgehead atoms. The lowest BCUT2D eigenvalue weighted by Crippen LogP contribution is -2.47. The minimum atomic E-state index is 0.160. The van der Waals surface area contributed by atoms with Gasteiger partial charge in [-0.2, -0.15) is 4.98 Å². The Balaban J connectivity index is 1.54. The molecule has 0 aliphatic carbocycles. The molecular weight excluding hydrogens is 374 g/mol. The highest BCUT2D eigenvalue weighted by Crippen LogP contribution is 2.28. The monoisotopic (exact) mass is 397 g/mol. The van der Waals surface area contributed by atoms with Gasteiger partial charge in [0.15, 0.2) is 0 Å². The Labute approximate surface area is 169 Å². The number of aromatic nitrogens is 2. The third-order valence-electron chi connectivity index (χ3n) is 4.97. The molecule has 3 aromatic rings. The van der Waals surface area contributed by atoms with E-state index in [1.165, 1.54) is 0 Å². The lowest BCUT2D eigenvalue weighted by atomic mass is 10.2. The van der Waals surface area contributed by atoms with E-state index in [0.29, 0.717) is 13.0 Å². The van der Waals surface area contributed by atoms with E-state index in [1.807, 2.05) is 42.5 Å². The van der Waals surface area contributed by atoms with Gasteiger partial charge in [-0.3, -0.25) is 0 Å². The van der Waals surface area contributed by atoms with Gasteiger partial charge in [-0.15, -0.1) is 0 Å². The number of nitrogens with zero attached hydrogens (tertiary/aromatic N) is 4. The second-order valence-electron chi connectivity index (χ2n) is 6.82. The summed E-state index contributed by atoms with van der Waals surface area (Å²) in [6.45, 7) is 4.24. The summed E-state index contributed by atoms with van der Waals surface area (Å²) in [6.07, 6.45) is 0.685. The van der Waals surface area contributed by atoms with Crippen molar-refractivity contribution in [1.82, 2.24) is 9.97 Å². The first-order valence-corrected chi connectivity index (χ1v) is 10.00. The van der Waals surface area contributed by atoms with Gasteiger partial charge in [0.05, 0.1) is 16.2 Å². The number of halogens is 1. The van der Waals surface area contributed by atoms with Gasteiger partial charge >= 0.3 is 0 Å². The number of aliphatic hydroxyl groups is 1. The van der Waals surface area contributed by atoms with Crippen LogP contribution in [0.25, 0.3) is 10.9 Å². The molecule has 1 aliphatic rings. The molecule has 0 spiro atoms. The van der Waals surface area contributed by atoms with Gasteiger partial charge in [0.2, 0.25) is 5.95 Å². The van der Waals surface area contributed by atoms with E-state index in [1.54, 1.807) is 0 Å². The molecule has 2 heterocycles. The Bertz CT molecular complexity index is 943. The summed E-state index contributed by atoms with van der Waals surface area (Å²) < 4.78 is 0. The zero-order valence-corrected chi connectivity index (χ0v) is 16.4. The summed E-state index contributed by atoms with van der Waals surface area (Å²) in [5.41, 5.74) is 2.00. The minimum absolute atomic E-state index is 0.160. The molecular formula is C21H24ClN5O. The van der Waals surface area contributed by atoms with Gasteiger partial charge in [0.25, 0.3) is 0 Å². The van der Waals surface area contributed by atoms with Crippen molar-refractivity contribution in [3.63, 3.8) is 0 Å². The summed E-state index contributed by atoms with van der Waals surface area (Å²) >= 11 is 6.35. The van der Waals surface area contributed by atoms with Crippen molar-refractivity contribution in [2.24, 2.45) is 0 Å². The zero-order valence-electron chi connectivity index (χ0n) is 15.7. The predicted molar refractivity (Wildman–Crippen MR) is 116 cm³/mol. The number of rotatable bonds is 6. The molecule has 1 aromatic heterocycles. The standard InChI is InChI=1S/C21H24ClN5O/c22-17-7-2-4-9-19(17)26-11-13-27(14-12-26)21-24-18-8-3-1-6-16(18)20(25-21)23-10-5-15-28/h1-4,6-9,28H,5,10-15H2,(H,23,24,25). The minimum Gasteiger partial charge on any atom is -0.396 e.